The van der Waals surface area contributed by atoms with Crippen LogP contribution in [0.4, 0.5) is 38.2 Å². The van der Waals surface area contributed by atoms with Crippen molar-refractivity contribution in [3.8, 4) is 11.5 Å². The maximum atomic E-state index is 13.8. The van der Waals surface area contributed by atoms with Crippen LogP contribution in [0, 0.1) is 0 Å². The van der Waals surface area contributed by atoms with Gasteiger partial charge in [0.2, 0.25) is 23.7 Å². The first-order valence-corrected chi connectivity index (χ1v) is 11.3. The van der Waals surface area contributed by atoms with E-state index in [9.17, 15) is 26.3 Å². The average molecular weight is 488 g/mol. The Kier molecular flexibility index (Phi) is 6.61. The Morgan fingerprint density at radius 1 is 0.765 bits per heavy atom. The summed E-state index contributed by atoms with van der Waals surface area (Å²) < 4.78 is 81.6. The standard InChI is InChI=1S/C22H26F6N6/c1-20(23,24)16-4-2-3-15(31-16)17-32-18(29-13-5-9-21(25,26)10-6-13)34-19(33-17)30-14-7-11-22(27,28)12-8-14/h2-4,13-14H,5-12H2,1H3,(H2,29,30,32,33,34). The highest BCUT2D eigenvalue weighted by Gasteiger charge is 2.36. The van der Waals surface area contributed by atoms with E-state index in [4.69, 9.17) is 0 Å². The van der Waals surface area contributed by atoms with Crippen molar-refractivity contribution in [2.45, 2.75) is 88.1 Å². The lowest BCUT2D eigenvalue weighted by Crippen LogP contribution is -2.33. The molecule has 0 aliphatic heterocycles. The van der Waals surface area contributed by atoms with E-state index in [1.807, 2.05) is 0 Å². The summed E-state index contributed by atoms with van der Waals surface area (Å²) in [5.41, 5.74) is -0.378. The van der Waals surface area contributed by atoms with E-state index < -0.39 is 23.5 Å². The molecule has 2 heterocycles. The van der Waals surface area contributed by atoms with Gasteiger partial charge in [0.15, 0.2) is 5.82 Å². The fraction of sp³-hybridized carbons (Fsp3) is 0.636. The smallest absolute Gasteiger partial charge is 0.286 e. The van der Waals surface area contributed by atoms with Gasteiger partial charge in [-0.1, -0.05) is 6.07 Å². The van der Waals surface area contributed by atoms with E-state index in [1.54, 1.807) is 0 Å². The van der Waals surface area contributed by atoms with Crippen LogP contribution < -0.4 is 10.6 Å². The Balaban J connectivity index is 1.60. The van der Waals surface area contributed by atoms with E-state index in [0.29, 0.717) is 0 Å². The zero-order valence-corrected chi connectivity index (χ0v) is 18.6. The van der Waals surface area contributed by atoms with Crippen LogP contribution in [0.15, 0.2) is 18.2 Å². The molecule has 2 aromatic heterocycles. The minimum absolute atomic E-state index is 0.00776. The van der Waals surface area contributed by atoms with Gasteiger partial charge in [0.25, 0.3) is 5.92 Å². The van der Waals surface area contributed by atoms with Gasteiger partial charge < -0.3 is 10.6 Å². The molecule has 12 heteroatoms. The van der Waals surface area contributed by atoms with Gasteiger partial charge in [-0.3, -0.25) is 0 Å². The number of hydrogen-bond donors (Lipinski definition) is 2. The minimum atomic E-state index is -3.17. The number of hydrogen-bond acceptors (Lipinski definition) is 6. The Morgan fingerprint density at radius 3 is 1.68 bits per heavy atom. The molecule has 2 fully saturated rings. The van der Waals surface area contributed by atoms with Crippen molar-refractivity contribution in [3.05, 3.63) is 23.9 Å². The molecule has 34 heavy (non-hydrogen) atoms. The normalized spacial score (nSPS) is 21.3. The molecule has 186 valence electrons. The van der Waals surface area contributed by atoms with Gasteiger partial charge in [-0.25, -0.2) is 22.5 Å². The molecule has 2 saturated carbocycles. The predicted molar refractivity (Wildman–Crippen MR) is 114 cm³/mol. The zero-order chi connectivity index (χ0) is 24.6. The van der Waals surface area contributed by atoms with E-state index >= 15 is 0 Å². The van der Waals surface area contributed by atoms with Crippen LogP contribution in [0.1, 0.15) is 64.0 Å². The third-order valence-corrected chi connectivity index (χ3v) is 6.16. The summed E-state index contributed by atoms with van der Waals surface area (Å²) in [6.45, 7) is 0.726. The van der Waals surface area contributed by atoms with Crippen molar-refractivity contribution in [1.29, 1.82) is 0 Å². The average Bonchev–Trinajstić information content (AvgIpc) is 2.76. The second kappa shape index (κ2) is 9.18. The second-order valence-corrected chi connectivity index (χ2v) is 9.15. The lowest BCUT2D eigenvalue weighted by molar-refractivity contribution is -0.0366. The van der Waals surface area contributed by atoms with E-state index in [-0.39, 0.29) is 86.9 Å². The Labute approximate surface area is 193 Å². The molecule has 2 aliphatic rings. The molecule has 0 aromatic carbocycles. The molecular weight excluding hydrogens is 462 g/mol. The van der Waals surface area contributed by atoms with Crippen LogP contribution in [0.2, 0.25) is 0 Å². The monoisotopic (exact) mass is 488 g/mol. The number of aromatic nitrogens is 4. The van der Waals surface area contributed by atoms with Crippen molar-refractivity contribution < 1.29 is 26.3 Å². The predicted octanol–water partition coefficient (Wildman–Crippen LogP) is 6.02. The lowest BCUT2D eigenvalue weighted by Gasteiger charge is -2.30. The van der Waals surface area contributed by atoms with Crippen molar-refractivity contribution in [2.75, 3.05) is 10.6 Å². The van der Waals surface area contributed by atoms with Crippen LogP contribution in [0.25, 0.3) is 11.5 Å². The minimum Gasteiger partial charge on any atom is -0.351 e. The molecule has 0 unspecified atom stereocenters. The van der Waals surface area contributed by atoms with Crippen molar-refractivity contribution in [3.63, 3.8) is 0 Å². The van der Waals surface area contributed by atoms with E-state index in [0.717, 1.165) is 6.92 Å². The van der Waals surface area contributed by atoms with Crippen LogP contribution in [-0.4, -0.2) is 43.9 Å². The van der Waals surface area contributed by atoms with Crippen molar-refractivity contribution >= 4 is 11.9 Å². The molecule has 0 amide bonds. The van der Waals surface area contributed by atoms with Gasteiger partial charge in [-0.15, -0.1) is 0 Å². The first-order chi connectivity index (χ1) is 15.9. The van der Waals surface area contributed by atoms with Crippen LogP contribution in [0.3, 0.4) is 0 Å². The molecule has 2 aliphatic carbocycles. The number of nitrogens with one attached hydrogen (secondary N) is 2. The maximum Gasteiger partial charge on any atom is 0.286 e. The molecule has 0 bridgehead atoms. The molecule has 2 aromatic rings. The molecule has 0 saturated heterocycles. The van der Waals surface area contributed by atoms with Gasteiger partial charge in [0.05, 0.1) is 0 Å². The quantitative estimate of drug-likeness (QED) is 0.484. The molecular formula is C22H26F6N6. The molecule has 2 N–H and O–H groups in total. The summed E-state index contributed by atoms with van der Waals surface area (Å²) in [7, 11) is 0. The summed E-state index contributed by atoms with van der Waals surface area (Å²) in [4.78, 5) is 16.8. The van der Waals surface area contributed by atoms with Crippen LogP contribution >= 0.6 is 0 Å². The zero-order valence-electron chi connectivity index (χ0n) is 18.6. The molecule has 0 atom stereocenters. The fourth-order valence-electron chi connectivity index (χ4n) is 4.16. The number of alkyl halides is 6. The van der Waals surface area contributed by atoms with Gasteiger partial charge in [0, 0.05) is 44.7 Å². The lowest BCUT2D eigenvalue weighted by atomic mass is 9.92. The third-order valence-electron chi connectivity index (χ3n) is 6.16. The van der Waals surface area contributed by atoms with Gasteiger partial charge in [0.1, 0.15) is 11.4 Å². The van der Waals surface area contributed by atoms with Gasteiger partial charge in [-0.2, -0.15) is 23.7 Å². The number of anilines is 2. The Morgan fingerprint density at radius 2 is 1.24 bits per heavy atom. The van der Waals surface area contributed by atoms with Gasteiger partial charge >= 0.3 is 0 Å². The van der Waals surface area contributed by atoms with Crippen LogP contribution in [-0.2, 0) is 5.92 Å². The molecule has 0 spiro atoms. The summed E-state index contributed by atoms with van der Waals surface area (Å²) >= 11 is 0. The highest BCUT2D eigenvalue weighted by molar-refractivity contribution is 5.54. The largest absolute Gasteiger partial charge is 0.351 e. The Hall–Kier alpha value is -2.66. The molecule has 0 radical (unpaired) electrons. The highest BCUT2D eigenvalue weighted by Crippen LogP contribution is 2.35. The number of rotatable bonds is 6. The fourth-order valence-corrected chi connectivity index (χ4v) is 4.16. The van der Waals surface area contributed by atoms with Crippen LogP contribution in [0.5, 0.6) is 0 Å². The summed E-state index contributed by atoms with van der Waals surface area (Å²) in [6, 6.07) is 3.48. The Bertz CT molecular complexity index is 943. The highest BCUT2D eigenvalue weighted by atomic mass is 19.3. The maximum absolute atomic E-state index is 13.8. The first kappa shape index (κ1) is 24.5. The van der Waals surface area contributed by atoms with E-state index in [1.165, 1.54) is 18.2 Å². The second-order valence-electron chi connectivity index (χ2n) is 9.15. The topological polar surface area (TPSA) is 75.6 Å². The SMILES string of the molecule is CC(F)(F)c1cccc(-c2nc(NC3CCC(F)(F)CC3)nc(NC3CCC(F)(F)CC3)n2)n1. The summed E-state index contributed by atoms with van der Waals surface area (Å²) in [6.07, 6.45) is -0.208. The molecule has 4 rings (SSSR count). The number of pyridine rings is 1. The summed E-state index contributed by atoms with van der Waals surface area (Å²) in [5, 5.41) is 6.07. The van der Waals surface area contributed by atoms with Gasteiger partial charge in [-0.05, 0) is 37.8 Å². The summed E-state index contributed by atoms with van der Waals surface area (Å²) in [5.74, 6) is -8.40. The molecule has 6 nitrogen and oxygen atoms in total. The number of nitrogens with zero attached hydrogens (tertiary/aromatic N) is 4. The van der Waals surface area contributed by atoms with Crippen molar-refractivity contribution in [1.82, 2.24) is 19.9 Å². The van der Waals surface area contributed by atoms with Crippen molar-refractivity contribution in [2.24, 2.45) is 0 Å². The number of halogens is 6. The van der Waals surface area contributed by atoms with E-state index in [2.05, 4.69) is 30.6 Å². The third kappa shape index (κ3) is 6.26. The first-order valence-electron chi connectivity index (χ1n) is 11.3.